The molecule has 1 aromatic heterocycles. The second-order valence-corrected chi connectivity index (χ2v) is 9.41. The van der Waals surface area contributed by atoms with Crippen LogP contribution in [0.5, 0.6) is 0 Å². The van der Waals surface area contributed by atoms with E-state index in [1.165, 1.54) is 5.56 Å². The first-order valence-electron chi connectivity index (χ1n) is 11.4. The summed E-state index contributed by atoms with van der Waals surface area (Å²) in [4.78, 5) is 20.0. The van der Waals surface area contributed by atoms with E-state index in [4.69, 9.17) is 21.3 Å². The summed E-state index contributed by atoms with van der Waals surface area (Å²) < 4.78 is 7.58. The molecule has 1 amide bonds. The maximum atomic E-state index is 12.7. The molecule has 0 radical (unpaired) electrons. The van der Waals surface area contributed by atoms with Gasteiger partial charge in [0.1, 0.15) is 0 Å². The molecular formula is C25H29ClN4O2. The second kappa shape index (κ2) is 8.75. The van der Waals surface area contributed by atoms with Gasteiger partial charge in [0.05, 0.1) is 23.7 Å². The molecule has 7 heteroatoms. The third-order valence-electron chi connectivity index (χ3n) is 6.60. The number of aryl methyl sites for hydroxylation is 2. The van der Waals surface area contributed by atoms with E-state index >= 15 is 0 Å². The molecule has 2 aliphatic heterocycles. The largest absolute Gasteiger partial charge is 0.379 e. The summed E-state index contributed by atoms with van der Waals surface area (Å²) in [5, 5.41) is 3.90. The number of amides is 1. The fourth-order valence-electron chi connectivity index (χ4n) is 4.73. The van der Waals surface area contributed by atoms with Crippen molar-refractivity contribution >= 4 is 34.5 Å². The molecule has 0 bridgehead atoms. The average Bonchev–Trinajstić information content (AvgIpc) is 3.42. The molecule has 2 aliphatic rings. The lowest BCUT2D eigenvalue weighted by Gasteiger charge is -2.32. The van der Waals surface area contributed by atoms with Crippen molar-refractivity contribution < 1.29 is 9.53 Å². The van der Waals surface area contributed by atoms with Crippen LogP contribution < -0.4 is 10.2 Å². The number of aromatic nitrogens is 2. The zero-order valence-electron chi connectivity index (χ0n) is 18.6. The Morgan fingerprint density at radius 2 is 1.97 bits per heavy atom. The van der Waals surface area contributed by atoms with Gasteiger partial charge in [-0.25, -0.2) is 4.98 Å². The highest BCUT2D eigenvalue weighted by Crippen LogP contribution is 2.33. The molecule has 6 nitrogen and oxygen atoms in total. The highest BCUT2D eigenvalue weighted by Gasteiger charge is 2.30. The number of nitrogens with zero attached hydrogens (tertiary/aromatic N) is 3. The van der Waals surface area contributed by atoms with E-state index in [0.717, 1.165) is 72.2 Å². The average molecular weight is 453 g/mol. The predicted molar refractivity (Wildman–Crippen MR) is 128 cm³/mol. The zero-order chi connectivity index (χ0) is 22.2. The summed E-state index contributed by atoms with van der Waals surface area (Å²) in [5.74, 6) is 1.12. The van der Waals surface area contributed by atoms with Crippen molar-refractivity contribution in [3.05, 3.63) is 52.5 Å². The Morgan fingerprint density at radius 3 is 2.69 bits per heavy atom. The summed E-state index contributed by atoms with van der Waals surface area (Å²) in [6, 6.07) is 12.7. The third kappa shape index (κ3) is 4.09. The molecule has 1 N–H and O–H groups in total. The van der Waals surface area contributed by atoms with Crippen LogP contribution in [-0.2, 0) is 9.53 Å². The summed E-state index contributed by atoms with van der Waals surface area (Å²) in [5.41, 5.74) is 5.22. The van der Waals surface area contributed by atoms with Gasteiger partial charge >= 0.3 is 0 Å². The Hall–Kier alpha value is -2.57. The van der Waals surface area contributed by atoms with E-state index in [9.17, 15) is 4.79 Å². The molecule has 0 saturated carbocycles. The number of hydrogen-bond donors (Lipinski definition) is 1. The summed E-state index contributed by atoms with van der Waals surface area (Å²) >= 11 is 6.49. The topological polar surface area (TPSA) is 59.4 Å². The number of hydrogen-bond acceptors (Lipinski definition) is 4. The molecular weight excluding hydrogens is 424 g/mol. The Labute approximate surface area is 193 Å². The van der Waals surface area contributed by atoms with Crippen LogP contribution in [0.25, 0.3) is 16.7 Å². The van der Waals surface area contributed by atoms with Crippen LogP contribution in [0.15, 0.2) is 36.4 Å². The fraction of sp³-hybridized carbons (Fsp3) is 0.440. The van der Waals surface area contributed by atoms with Crippen molar-refractivity contribution in [3.8, 4) is 5.69 Å². The number of rotatable bonds is 4. The van der Waals surface area contributed by atoms with Gasteiger partial charge in [-0.15, -0.1) is 0 Å². The van der Waals surface area contributed by atoms with Gasteiger partial charge in [-0.05, 0) is 68.5 Å². The maximum absolute atomic E-state index is 12.7. The number of halogens is 1. The van der Waals surface area contributed by atoms with Gasteiger partial charge in [0.25, 0.3) is 0 Å². The Bertz CT molecular complexity index is 1140. The van der Waals surface area contributed by atoms with Crippen LogP contribution in [0, 0.1) is 19.8 Å². The zero-order valence-corrected chi connectivity index (χ0v) is 19.4. The molecule has 32 heavy (non-hydrogen) atoms. The molecule has 3 heterocycles. The highest BCUT2D eigenvalue weighted by molar-refractivity contribution is 6.32. The Balaban J connectivity index is 1.43. The van der Waals surface area contributed by atoms with Crippen LogP contribution in [0.3, 0.4) is 0 Å². The van der Waals surface area contributed by atoms with Crippen molar-refractivity contribution in [2.24, 2.45) is 5.92 Å². The molecule has 168 valence electrons. The smallest absolute Gasteiger partial charge is 0.223 e. The van der Waals surface area contributed by atoms with E-state index in [0.29, 0.717) is 6.61 Å². The SMILES string of the molecule is Cc1cccc(-n2c(N3CCC(C(=O)NC4CCOC4)CC3)nc3cc(C)c(Cl)cc32)c1. The summed E-state index contributed by atoms with van der Waals surface area (Å²) in [6.45, 7) is 7.06. The number of benzene rings is 2. The fourth-order valence-corrected chi connectivity index (χ4v) is 4.89. The minimum atomic E-state index is 0.0420. The van der Waals surface area contributed by atoms with E-state index in [2.05, 4.69) is 52.0 Å². The number of anilines is 1. The lowest BCUT2D eigenvalue weighted by molar-refractivity contribution is -0.126. The molecule has 1 atom stereocenters. The van der Waals surface area contributed by atoms with Crippen LogP contribution in [0.1, 0.15) is 30.4 Å². The Morgan fingerprint density at radius 1 is 1.16 bits per heavy atom. The van der Waals surface area contributed by atoms with E-state index in [1.54, 1.807) is 0 Å². The number of imidazole rings is 1. The molecule has 2 saturated heterocycles. The number of piperidine rings is 1. The van der Waals surface area contributed by atoms with Gasteiger partial charge in [-0.3, -0.25) is 9.36 Å². The normalized spacial score (nSPS) is 19.6. The third-order valence-corrected chi connectivity index (χ3v) is 7.01. The number of nitrogens with one attached hydrogen (secondary N) is 1. The first kappa shape index (κ1) is 21.3. The first-order valence-corrected chi connectivity index (χ1v) is 11.8. The summed E-state index contributed by atoms with van der Waals surface area (Å²) in [6.07, 6.45) is 2.54. The lowest BCUT2D eigenvalue weighted by atomic mass is 9.95. The second-order valence-electron chi connectivity index (χ2n) is 9.01. The monoisotopic (exact) mass is 452 g/mol. The van der Waals surface area contributed by atoms with Gasteiger partial charge in [0.15, 0.2) is 0 Å². The van der Waals surface area contributed by atoms with Gasteiger partial charge in [-0.2, -0.15) is 0 Å². The molecule has 2 aromatic carbocycles. The molecule has 1 unspecified atom stereocenters. The number of carbonyl (C=O) groups excluding carboxylic acids is 1. The van der Waals surface area contributed by atoms with Crippen LogP contribution >= 0.6 is 11.6 Å². The van der Waals surface area contributed by atoms with Crippen molar-refractivity contribution in [3.63, 3.8) is 0 Å². The van der Waals surface area contributed by atoms with E-state index in [-0.39, 0.29) is 17.9 Å². The Kier molecular flexibility index (Phi) is 5.82. The van der Waals surface area contributed by atoms with Crippen LogP contribution in [0.2, 0.25) is 5.02 Å². The van der Waals surface area contributed by atoms with Gasteiger partial charge in [-0.1, -0.05) is 23.7 Å². The van der Waals surface area contributed by atoms with Crippen molar-refractivity contribution in [2.45, 2.75) is 39.2 Å². The molecule has 2 fully saturated rings. The van der Waals surface area contributed by atoms with Crippen LogP contribution in [-0.4, -0.2) is 47.8 Å². The van der Waals surface area contributed by atoms with E-state index in [1.807, 2.05) is 13.0 Å². The molecule has 5 rings (SSSR count). The molecule has 0 spiro atoms. The number of fused-ring (bicyclic) bond motifs is 1. The minimum absolute atomic E-state index is 0.0420. The van der Waals surface area contributed by atoms with Crippen molar-refractivity contribution in [1.82, 2.24) is 14.9 Å². The number of ether oxygens (including phenoxy) is 1. The van der Waals surface area contributed by atoms with E-state index < -0.39 is 0 Å². The van der Waals surface area contributed by atoms with Gasteiger partial charge in [0.2, 0.25) is 11.9 Å². The quantitative estimate of drug-likeness (QED) is 0.636. The standard InChI is InChI=1S/C25H29ClN4O2/c1-16-4-3-5-20(12-16)30-23-14-21(26)17(2)13-22(23)28-25(30)29-9-6-18(7-10-29)24(31)27-19-8-11-32-15-19/h3-5,12-14,18-19H,6-11,15H2,1-2H3,(H,27,31). The summed E-state index contributed by atoms with van der Waals surface area (Å²) in [7, 11) is 0. The molecule has 3 aromatic rings. The highest BCUT2D eigenvalue weighted by atomic mass is 35.5. The van der Waals surface area contributed by atoms with Crippen molar-refractivity contribution in [2.75, 3.05) is 31.2 Å². The van der Waals surface area contributed by atoms with Crippen molar-refractivity contribution in [1.29, 1.82) is 0 Å². The van der Waals surface area contributed by atoms with Crippen LogP contribution in [0.4, 0.5) is 5.95 Å². The predicted octanol–water partition coefficient (Wildman–Crippen LogP) is 4.42. The number of carbonyl (C=O) groups is 1. The minimum Gasteiger partial charge on any atom is -0.379 e. The molecule has 0 aliphatic carbocycles. The van der Waals surface area contributed by atoms with Gasteiger partial charge in [0, 0.05) is 36.3 Å². The maximum Gasteiger partial charge on any atom is 0.223 e. The lowest BCUT2D eigenvalue weighted by Crippen LogP contribution is -2.44. The van der Waals surface area contributed by atoms with Gasteiger partial charge < -0.3 is 15.0 Å². The first-order chi connectivity index (χ1) is 15.5.